The van der Waals surface area contributed by atoms with Crippen molar-refractivity contribution < 1.29 is 4.74 Å². The number of hydrogen-bond donors (Lipinski definition) is 1. The van der Waals surface area contributed by atoms with E-state index in [-0.39, 0.29) is 11.0 Å². The minimum absolute atomic E-state index is 0.151. The standard InChI is InChI=1S/C34H41N5O/c1-5-23-7-2-8-28-30(23)24(6-1)11-15-33(28)16-12-27-29(19-33)36-32(40-22-34-13-3-17-39(34)18-4-14-34)37-31(27)38-20-25-9-10-26(21-38)35-25/h1-2,5-8,25-26,35H,3-4,9-22H2/t25-,26+,33?. The van der Waals surface area contributed by atoms with E-state index < -0.39 is 0 Å². The van der Waals surface area contributed by atoms with Crippen LogP contribution in [-0.2, 0) is 24.7 Å². The lowest BCUT2D eigenvalue weighted by molar-refractivity contribution is 0.107. The minimum atomic E-state index is 0.151. The molecule has 40 heavy (non-hydrogen) atoms. The Kier molecular flexibility index (Phi) is 5.33. The highest BCUT2D eigenvalue weighted by Gasteiger charge is 2.46. The molecule has 2 bridgehead atoms. The fourth-order valence-electron chi connectivity index (χ4n) is 9.65. The third-order valence-corrected chi connectivity index (χ3v) is 11.6. The van der Waals surface area contributed by atoms with E-state index >= 15 is 0 Å². The van der Waals surface area contributed by atoms with Gasteiger partial charge in [-0.2, -0.15) is 9.97 Å². The molecule has 3 aromatic rings. The Labute approximate surface area is 237 Å². The highest BCUT2D eigenvalue weighted by Crippen LogP contribution is 2.49. The Morgan fingerprint density at radius 1 is 0.900 bits per heavy atom. The minimum Gasteiger partial charge on any atom is -0.461 e. The first kappa shape index (κ1) is 24.0. The SMILES string of the molecule is c1cc2c3c(cccc3c1)C1(CCc3c(nc(OCC45CCCN4CCC5)nc3N3C[C@H]4CC[C@@H](C3)N4)C1)CC2. The van der Waals surface area contributed by atoms with Crippen molar-refractivity contribution in [3.8, 4) is 6.01 Å². The van der Waals surface area contributed by atoms with E-state index in [1.165, 1.54) is 97.9 Å². The molecule has 2 aromatic carbocycles. The van der Waals surface area contributed by atoms with Crippen molar-refractivity contribution in [1.29, 1.82) is 0 Å². The predicted molar refractivity (Wildman–Crippen MR) is 158 cm³/mol. The zero-order valence-corrected chi connectivity index (χ0v) is 23.6. The number of nitrogens with one attached hydrogen (secondary N) is 1. The third-order valence-electron chi connectivity index (χ3n) is 11.6. The van der Waals surface area contributed by atoms with E-state index in [4.69, 9.17) is 14.7 Å². The zero-order chi connectivity index (χ0) is 26.3. The Morgan fingerprint density at radius 3 is 2.50 bits per heavy atom. The molecule has 0 radical (unpaired) electrons. The van der Waals surface area contributed by atoms with Crippen molar-refractivity contribution in [2.75, 3.05) is 37.7 Å². The van der Waals surface area contributed by atoms with E-state index in [9.17, 15) is 0 Å². The van der Waals surface area contributed by atoms with Crippen molar-refractivity contribution in [3.05, 3.63) is 58.8 Å². The molecule has 6 heteroatoms. The van der Waals surface area contributed by atoms with Crippen molar-refractivity contribution in [3.63, 3.8) is 0 Å². The number of fused-ring (bicyclic) bond motifs is 5. The number of anilines is 1. The molecule has 9 rings (SSSR count). The molecule has 2 aliphatic carbocycles. The molecule has 4 saturated heterocycles. The molecule has 5 heterocycles. The Hall–Kier alpha value is -2.70. The van der Waals surface area contributed by atoms with Crippen molar-refractivity contribution in [2.24, 2.45) is 0 Å². The van der Waals surface area contributed by atoms with E-state index in [2.05, 4.69) is 51.5 Å². The van der Waals surface area contributed by atoms with Crippen LogP contribution in [0.25, 0.3) is 10.8 Å². The molecule has 4 fully saturated rings. The van der Waals surface area contributed by atoms with Crippen LogP contribution in [0, 0.1) is 0 Å². The summed E-state index contributed by atoms with van der Waals surface area (Å²) >= 11 is 0. The monoisotopic (exact) mass is 535 g/mol. The van der Waals surface area contributed by atoms with Crippen molar-refractivity contribution in [1.82, 2.24) is 20.2 Å². The first-order valence-corrected chi connectivity index (χ1v) is 16.0. The molecule has 208 valence electrons. The van der Waals surface area contributed by atoms with Crippen LogP contribution >= 0.6 is 0 Å². The molecule has 6 aliphatic rings. The quantitative estimate of drug-likeness (QED) is 0.510. The van der Waals surface area contributed by atoms with Gasteiger partial charge in [-0.3, -0.25) is 4.90 Å². The van der Waals surface area contributed by atoms with Gasteiger partial charge in [-0.1, -0.05) is 36.4 Å². The Morgan fingerprint density at radius 2 is 1.68 bits per heavy atom. The molecule has 0 amide bonds. The summed E-state index contributed by atoms with van der Waals surface area (Å²) in [6.07, 6.45) is 13.2. The van der Waals surface area contributed by atoms with Gasteiger partial charge in [-0.15, -0.1) is 0 Å². The van der Waals surface area contributed by atoms with Gasteiger partial charge in [0.05, 0.1) is 11.2 Å². The summed E-state index contributed by atoms with van der Waals surface area (Å²) in [4.78, 5) is 15.8. The second-order valence-electron chi connectivity index (χ2n) is 13.8. The van der Waals surface area contributed by atoms with Gasteiger partial charge in [-0.05, 0) is 99.2 Å². The van der Waals surface area contributed by atoms with Crippen LogP contribution in [0.3, 0.4) is 0 Å². The highest BCUT2D eigenvalue weighted by molar-refractivity contribution is 5.90. The van der Waals surface area contributed by atoms with Crippen LogP contribution in [-0.4, -0.2) is 65.3 Å². The van der Waals surface area contributed by atoms with Gasteiger partial charge in [0.25, 0.3) is 0 Å². The molecular formula is C34H41N5O. The van der Waals surface area contributed by atoms with Crippen LogP contribution < -0.4 is 15.0 Å². The normalized spacial score (nSPS) is 30.1. The number of ether oxygens (including phenoxy) is 1. The average Bonchev–Trinajstić information content (AvgIpc) is 3.67. The molecule has 6 nitrogen and oxygen atoms in total. The summed E-state index contributed by atoms with van der Waals surface area (Å²) in [6.45, 7) is 5.28. The summed E-state index contributed by atoms with van der Waals surface area (Å²) < 4.78 is 6.64. The van der Waals surface area contributed by atoms with Crippen LogP contribution in [0.2, 0.25) is 0 Å². The van der Waals surface area contributed by atoms with Crippen LogP contribution in [0.1, 0.15) is 73.8 Å². The second kappa shape index (κ2) is 8.90. The number of piperazine rings is 1. The van der Waals surface area contributed by atoms with E-state index in [0.717, 1.165) is 39.0 Å². The van der Waals surface area contributed by atoms with Gasteiger partial charge in [0.15, 0.2) is 0 Å². The van der Waals surface area contributed by atoms with Crippen molar-refractivity contribution >= 4 is 16.6 Å². The Bertz CT molecular complexity index is 1460. The number of hydrogen-bond acceptors (Lipinski definition) is 6. The number of aromatic nitrogens is 2. The third kappa shape index (κ3) is 3.61. The number of nitrogens with zero attached hydrogens (tertiary/aromatic N) is 4. The number of aryl methyl sites for hydroxylation is 1. The summed E-state index contributed by atoms with van der Waals surface area (Å²) in [7, 11) is 0. The molecule has 1 aromatic heterocycles. The topological polar surface area (TPSA) is 53.5 Å². The fourth-order valence-corrected chi connectivity index (χ4v) is 9.65. The molecule has 3 atom stereocenters. The first-order chi connectivity index (χ1) is 19.7. The molecule has 0 saturated carbocycles. The second-order valence-corrected chi connectivity index (χ2v) is 13.8. The van der Waals surface area contributed by atoms with Gasteiger partial charge in [0.2, 0.25) is 0 Å². The zero-order valence-electron chi connectivity index (χ0n) is 23.6. The van der Waals surface area contributed by atoms with Gasteiger partial charge in [0.1, 0.15) is 12.4 Å². The number of benzene rings is 2. The maximum atomic E-state index is 6.64. The van der Waals surface area contributed by atoms with E-state index in [1.54, 1.807) is 5.56 Å². The predicted octanol–water partition coefficient (Wildman–Crippen LogP) is 4.95. The maximum Gasteiger partial charge on any atom is 0.318 e. The molecule has 4 aliphatic heterocycles. The van der Waals surface area contributed by atoms with Gasteiger partial charge in [0, 0.05) is 42.6 Å². The molecule has 1 unspecified atom stereocenters. The first-order valence-electron chi connectivity index (χ1n) is 16.0. The van der Waals surface area contributed by atoms with Crippen LogP contribution in [0.5, 0.6) is 6.01 Å². The maximum absolute atomic E-state index is 6.64. The number of rotatable bonds is 4. The molecular weight excluding hydrogens is 494 g/mol. The van der Waals surface area contributed by atoms with E-state index in [0.29, 0.717) is 18.1 Å². The molecule has 1 N–H and O–H groups in total. The average molecular weight is 536 g/mol. The fraction of sp³-hybridized carbons (Fsp3) is 0.588. The lowest BCUT2D eigenvalue weighted by Gasteiger charge is -2.43. The summed E-state index contributed by atoms with van der Waals surface area (Å²) in [5.74, 6) is 1.18. The summed E-state index contributed by atoms with van der Waals surface area (Å²) in [6, 6.07) is 15.6. The van der Waals surface area contributed by atoms with E-state index in [1.807, 2.05) is 0 Å². The summed E-state index contributed by atoms with van der Waals surface area (Å²) in [5.41, 5.74) is 6.07. The highest BCUT2D eigenvalue weighted by atomic mass is 16.5. The van der Waals surface area contributed by atoms with Gasteiger partial charge >= 0.3 is 6.01 Å². The van der Waals surface area contributed by atoms with Crippen molar-refractivity contribution in [2.45, 2.75) is 93.7 Å². The smallest absolute Gasteiger partial charge is 0.318 e. The summed E-state index contributed by atoms with van der Waals surface area (Å²) in [5, 5.41) is 6.71. The van der Waals surface area contributed by atoms with Crippen LogP contribution in [0.15, 0.2) is 36.4 Å². The Balaban J connectivity index is 1.11. The largest absolute Gasteiger partial charge is 0.461 e. The lowest BCUT2D eigenvalue weighted by Crippen LogP contribution is -2.52. The molecule has 1 spiro atoms. The van der Waals surface area contributed by atoms with Gasteiger partial charge in [-0.25, -0.2) is 0 Å². The van der Waals surface area contributed by atoms with Gasteiger partial charge < -0.3 is 15.0 Å². The van der Waals surface area contributed by atoms with Crippen LogP contribution in [0.4, 0.5) is 5.82 Å². The lowest BCUT2D eigenvalue weighted by atomic mass is 9.62.